The third-order valence-corrected chi connectivity index (χ3v) is 6.13. The maximum Gasteiger partial charge on any atom is 0.119 e. The van der Waals surface area contributed by atoms with Gasteiger partial charge >= 0.3 is 0 Å². The van der Waals surface area contributed by atoms with Gasteiger partial charge in [-0.05, 0) is 67.0 Å². The summed E-state index contributed by atoms with van der Waals surface area (Å²) in [6.45, 7) is 5.31. The molecule has 0 amide bonds. The van der Waals surface area contributed by atoms with Gasteiger partial charge in [0.25, 0.3) is 0 Å². The lowest BCUT2D eigenvalue weighted by Gasteiger charge is -2.27. The predicted octanol–water partition coefficient (Wildman–Crippen LogP) is 7.08. The van der Waals surface area contributed by atoms with Gasteiger partial charge in [-0.25, -0.2) is 0 Å². The van der Waals surface area contributed by atoms with Crippen LogP contribution in [0.2, 0.25) is 0 Å². The lowest BCUT2D eigenvalue weighted by Crippen LogP contribution is -2.14. The van der Waals surface area contributed by atoms with Crippen LogP contribution < -0.4 is 4.74 Å². The van der Waals surface area contributed by atoms with E-state index in [1.165, 1.54) is 50.5 Å². The standard InChI is InChI=1S/C25H35NO/c1-3-5-18-27-24-15-13-23(14-16-24)25-17-12-22(19-26-25)11-10-21-8-6-20(4-2)7-9-21/h12-17,19-21H,3-11,18H2,1-2H3/t20-,21-. The highest BCUT2D eigenvalue weighted by Crippen LogP contribution is 2.33. The lowest BCUT2D eigenvalue weighted by molar-refractivity contribution is 0.259. The molecule has 146 valence electrons. The molecule has 2 heteroatoms. The Kier molecular flexibility index (Phi) is 7.74. The molecule has 0 spiro atoms. The van der Waals surface area contributed by atoms with Gasteiger partial charge in [-0.1, -0.05) is 58.4 Å². The summed E-state index contributed by atoms with van der Waals surface area (Å²) < 4.78 is 5.74. The molecule has 3 rings (SSSR count). The lowest BCUT2D eigenvalue weighted by atomic mass is 9.79. The molecule has 1 heterocycles. The topological polar surface area (TPSA) is 22.1 Å². The van der Waals surface area contributed by atoms with Crippen LogP contribution in [0, 0.1) is 11.8 Å². The molecule has 0 atom stereocenters. The quantitative estimate of drug-likeness (QED) is 0.443. The van der Waals surface area contributed by atoms with Crippen molar-refractivity contribution in [2.45, 2.75) is 71.6 Å². The monoisotopic (exact) mass is 365 g/mol. The molecular formula is C25H35NO. The van der Waals surface area contributed by atoms with Crippen LogP contribution in [0.5, 0.6) is 5.75 Å². The van der Waals surface area contributed by atoms with Crippen molar-refractivity contribution in [1.82, 2.24) is 4.98 Å². The molecule has 1 fully saturated rings. The normalized spacial score (nSPS) is 19.8. The number of unbranched alkanes of at least 4 members (excludes halogenated alkanes) is 1. The number of aryl methyl sites for hydroxylation is 1. The summed E-state index contributed by atoms with van der Waals surface area (Å²) in [6.07, 6.45) is 13.9. The largest absolute Gasteiger partial charge is 0.494 e. The van der Waals surface area contributed by atoms with Crippen LogP contribution in [0.25, 0.3) is 11.3 Å². The van der Waals surface area contributed by atoms with E-state index in [2.05, 4.69) is 44.3 Å². The van der Waals surface area contributed by atoms with Crippen molar-refractivity contribution in [3.8, 4) is 17.0 Å². The van der Waals surface area contributed by atoms with Gasteiger partial charge in [-0.2, -0.15) is 0 Å². The van der Waals surface area contributed by atoms with Crippen LogP contribution in [0.15, 0.2) is 42.6 Å². The average Bonchev–Trinajstić information content (AvgIpc) is 2.74. The summed E-state index contributed by atoms with van der Waals surface area (Å²) in [7, 11) is 0. The zero-order valence-electron chi connectivity index (χ0n) is 17.1. The number of benzene rings is 1. The third-order valence-electron chi connectivity index (χ3n) is 6.13. The van der Waals surface area contributed by atoms with Crippen molar-refractivity contribution in [3.05, 3.63) is 48.2 Å². The first-order chi connectivity index (χ1) is 13.3. The number of ether oxygens (including phenoxy) is 1. The fourth-order valence-electron chi connectivity index (χ4n) is 4.10. The summed E-state index contributed by atoms with van der Waals surface area (Å²) in [6, 6.07) is 12.7. The molecule has 1 aromatic carbocycles. The number of hydrogen-bond donors (Lipinski definition) is 0. The Bertz CT molecular complexity index is 654. The Balaban J connectivity index is 1.48. The van der Waals surface area contributed by atoms with E-state index in [1.54, 1.807) is 0 Å². The zero-order chi connectivity index (χ0) is 18.9. The molecule has 2 nitrogen and oxygen atoms in total. The van der Waals surface area contributed by atoms with Crippen molar-refractivity contribution >= 4 is 0 Å². The molecule has 27 heavy (non-hydrogen) atoms. The van der Waals surface area contributed by atoms with Crippen molar-refractivity contribution < 1.29 is 4.74 Å². The van der Waals surface area contributed by atoms with Crippen LogP contribution in [0.1, 0.15) is 70.8 Å². The van der Waals surface area contributed by atoms with Crippen molar-refractivity contribution in [1.29, 1.82) is 0 Å². The van der Waals surface area contributed by atoms with E-state index in [4.69, 9.17) is 9.72 Å². The summed E-state index contributed by atoms with van der Waals surface area (Å²) in [5.74, 6) is 2.86. The van der Waals surface area contributed by atoms with Crippen LogP contribution in [-0.2, 0) is 6.42 Å². The van der Waals surface area contributed by atoms with Gasteiger partial charge in [-0.15, -0.1) is 0 Å². The predicted molar refractivity (Wildman–Crippen MR) is 114 cm³/mol. The highest BCUT2D eigenvalue weighted by molar-refractivity contribution is 5.60. The van der Waals surface area contributed by atoms with Gasteiger partial charge in [-0.3, -0.25) is 4.98 Å². The first-order valence-electron chi connectivity index (χ1n) is 11.0. The van der Waals surface area contributed by atoms with Gasteiger partial charge in [0.1, 0.15) is 5.75 Å². The number of hydrogen-bond acceptors (Lipinski definition) is 2. The van der Waals surface area contributed by atoms with E-state index < -0.39 is 0 Å². The molecular weight excluding hydrogens is 330 g/mol. The molecule has 1 aliphatic rings. The molecule has 0 N–H and O–H groups in total. The Morgan fingerprint density at radius 1 is 0.926 bits per heavy atom. The average molecular weight is 366 g/mol. The summed E-state index contributed by atoms with van der Waals surface area (Å²) >= 11 is 0. The summed E-state index contributed by atoms with van der Waals surface area (Å²) in [4.78, 5) is 4.70. The van der Waals surface area contributed by atoms with Crippen LogP contribution >= 0.6 is 0 Å². The Labute approximate surface area is 165 Å². The molecule has 1 aliphatic carbocycles. The zero-order valence-corrected chi connectivity index (χ0v) is 17.1. The second-order valence-corrected chi connectivity index (χ2v) is 8.11. The maximum atomic E-state index is 5.74. The van der Waals surface area contributed by atoms with E-state index in [0.29, 0.717) is 0 Å². The second kappa shape index (κ2) is 10.5. The minimum absolute atomic E-state index is 0.795. The molecule has 0 radical (unpaired) electrons. The van der Waals surface area contributed by atoms with Gasteiger partial charge in [0.15, 0.2) is 0 Å². The Hall–Kier alpha value is -1.83. The van der Waals surface area contributed by atoms with E-state index >= 15 is 0 Å². The molecule has 2 aromatic rings. The Morgan fingerprint density at radius 2 is 1.67 bits per heavy atom. The van der Waals surface area contributed by atoms with Crippen molar-refractivity contribution in [2.75, 3.05) is 6.61 Å². The third kappa shape index (κ3) is 6.09. The minimum Gasteiger partial charge on any atom is -0.494 e. The van der Waals surface area contributed by atoms with Gasteiger partial charge in [0.05, 0.1) is 12.3 Å². The molecule has 0 saturated heterocycles. The van der Waals surface area contributed by atoms with E-state index in [1.807, 2.05) is 12.1 Å². The van der Waals surface area contributed by atoms with Crippen LogP contribution in [-0.4, -0.2) is 11.6 Å². The first kappa shape index (κ1) is 19.9. The number of pyridine rings is 1. The number of nitrogens with zero attached hydrogens (tertiary/aromatic N) is 1. The van der Waals surface area contributed by atoms with E-state index in [0.717, 1.165) is 48.3 Å². The fraction of sp³-hybridized carbons (Fsp3) is 0.560. The van der Waals surface area contributed by atoms with Crippen molar-refractivity contribution in [2.24, 2.45) is 11.8 Å². The van der Waals surface area contributed by atoms with E-state index in [9.17, 15) is 0 Å². The molecule has 0 bridgehead atoms. The van der Waals surface area contributed by atoms with Gasteiger partial charge in [0, 0.05) is 11.8 Å². The molecule has 0 aliphatic heterocycles. The van der Waals surface area contributed by atoms with Crippen LogP contribution in [0.3, 0.4) is 0 Å². The van der Waals surface area contributed by atoms with Gasteiger partial charge in [0.2, 0.25) is 0 Å². The van der Waals surface area contributed by atoms with Crippen molar-refractivity contribution in [3.63, 3.8) is 0 Å². The minimum atomic E-state index is 0.795. The Morgan fingerprint density at radius 3 is 2.30 bits per heavy atom. The SMILES string of the molecule is CCCCOc1ccc(-c2ccc(CC[C@H]3CC[C@H](CC)CC3)cn2)cc1. The molecule has 1 aromatic heterocycles. The smallest absolute Gasteiger partial charge is 0.119 e. The molecule has 1 saturated carbocycles. The van der Waals surface area contributed by atoms with Crippen LogP contribution in [0.4, 0.5) is 0 Å². The number of aromatic nitrogens is 1. The van der Waals surface area contributed by atoms with Gasteiger partial charge < -0.3 is 4.74 Å². The summed E-state index contributed by atoms with van der Waals surface area (Å²) in [5.41, 5.74) is 3.57. The highest BCUT2D eigenvalue weighted by atomic mass is 16.5. The maximum absolute atomic E-state index is 5.74. The number of rotatable bonds is 9. The first-order valence-corrected chi connectivity index (χ1v) is 11.0. The van der Waals surface area contributed by atoms with E-state index in [-0.39, 0.29) is 0 Å². The highest BCUT2D eigenvalue weighted by Gasteiger charge is 2.19. The fourth-order valence-corrected chi connectivity index (χ4v) is 4.10. The molecule has 0 unspecified atom stereocenters. The summed E-state index contributed by atoms with van der Waals surface area (Å²) in [5, 5.41) is 0. The second-order valence-electron chi connectivity index (χ2n) is 8.11.